The van der Waals surface area contributed by atoms with Gasteiger partial charge >= 0.3 is 0 Å². The van der Waals surface area contributed by atoms with E-state index in [1.165, 1.54) is 92.8 Å². The number of para-hydroxylation sites is 1. The number of hydrogen-bond donors (Lipinski definition) is 1. The van der Waals surface area contributed by atoms with E-state index in [0.29, 0.717) is 6.04 Å². The average Bonchev–Trinajstić information content (AvgIpc) is 3.23. The summed E-state index contributed by atoms with van der Waals surface area (Å²) in [6, 6.07) is 13.7. The van der Waals surface area contributed by atoms with Gasteiger partial charge in [0.1, 0.15) is 0 Å². The monoisotopic (exact) mass is 464 g/mol. The van der Waals surface area contributed by atoms with Gasteiger partial charge in [0.2, 0.25) is 0 Å². The predicted molar refractivity (Wildman–Crippen MR) is 136 cm³/mol. The van der Waals surface area contributed by atoms with E-state index in [9.17, 15) is 8.78 Å². The van der Waals surface area contributed by atoms with Crippen molar-refractivity contribution in [2.45, 2.75) is 89.1 Å². The molecule has 1 atom stereocenters. The number of nitrogens with one attached hydrogen (secondary N) is 1. The number of fused-ring (bicyclic) bond motifs is 1. The smallest absolute Gasteiger partial charge is 0.159 e. The van der Waals surface area contributed by atoms with E-state index in [1.807, 2.05) is 0 Å². The van der Waals surface area contributed by atoms with Crippen molar-refractivity contribution in [2.75, 3.05) is 6.54 Å². The van der Waals surface area contributed by atoms with E-state index >= 15 is 0 Å². The first-order valence-electron chi connectivity index (χ1n) is 13.4. The van der Waals surface area contributed by atoms with Gasteiger partial charge in [0.05, 0.1) is 0 Å². The van der Waals surface area contributed by atoms with E-state index in [2.05, 4.69) is 40.3 Å². The molecule has 0 saturated heterocycles. The number of benzene rings is 2. The summed E-state index contributed by atoms with van der Waals surface area (Å²) in [6.07, 6.45) is 16.3. The summed E-state index contributed by atoms with van der Waals surface area (Å²) in [7, 11) is 0. The molecule has 2 aromatic carbocycles. The van der Waals surface area contributed by atoms with Crippen LogP contribution in [0.2, 0.25) is 0 Å². The van der Waals surface area contributed by atoms with Gasteiger partial charge in [0.25, 0.3) is 0 Å². The Kier molecular flexibility index (Phi) is 7.63. The molecule has 182 valence electrons. The van der Waals surface area contributed by atoms with Crippen LogP contribution in [0.4, 0.5) is 8.78 Å². The average molecular weight is 465 g/mol. The minimum Gasteiger partial charge on any atom is -0.347 e. The molecular formula is C30H38F2N2. The summed E-state index contributed by atoms with van der Waals surface area (Å²) in [5, 5.41) is 5.00. The standard InChI is InChI=1S/C30H38F2N2/c31-28-16-15-23(19-29(28)32)25(17-18-33-24-11-5-2-6-12-24)27-21-34(20-22-9-3-1-4-10-22)30-14-8-7-13-26(27)30/h7-8,13-16,19,21-22,24-25,33H,1-6,9-12,17-18,20H2. The molecule has 0 bridgehead atoms. The van der Waals surface area contributed by atoms with Crippen LogP contribution in [0.1, 0.15) is 87.7 Å². The third-order valence-electron chi connectivity index (χ3n) is 8.19. The highest BCUT2D eigenvalue weighted by molar-refractivity contribution is 5.85. The highest BCUT2D eigenvalue weighted by Gasteiger charge is 2.23. The van der Waals surface area contributed by atoms with Gasteiger partial charge < -0.3 is 9.88 Å². The van der Waals surface area contributed by atoms with Crippen molar-refractivity contribution < 1.29 is 8.78 Å². The molecule has 2 saturated carbocycles. The molecule has 2 fully saturated rings. The molecule has 5 rings (SSSR count). The second-order valence-corrected chi connectivity index (χ2v) is 10.6. The molecule has 0 radical (unpaired) electrons. The first kappa shape index (κ1) is 23.5. The van der Waals surface area contributed by atoms with Gasteiger partial charge in [-0.2, -0.15) is 0 Å². The molecule has 1 aromatic heterocycles. The zero-order valence-corrected chi connectivity index (χ0v) is 20.2. The summed E-state index contributed by atoms with van der Waals surface area (Å²) >= 11 is 0. The maximum Gasteiger partial charge on any atom is 0.159 e. The third kappa shape index (κ3) is 5.38. The molecule has 2 aliphatic carbocycles. The quantitative estimate of drug-likeness (QED) is 0.358. The van der Waals surface area contributed by atoms with Crippen LogP contribution >= 0.6 is 0 Å². The van der Waals surface area contributed by atoms with Gasteiger partial charge in [0, 0.05) is 35.6 Å². The van der Waals surface area contributed by atoms with E-state index in [1.54, 1.807) is 6.07 Å². The predicted octanol–water partition coefficient (Wildman–Crippen LogP) is 7.94. The lowest BCUT2D eigenvalue weighted by Gasteiger charge is -2.25. The fourth-order valence-electron chi connectivity index (χ4n) is 6.32. The van der Waals surface area contributed by atoms with Crippen molar-refractivity contribution in [1.82, 2.24) is 9.88 Å². The van der Waals surface area contributed by atoms with Crippen LogP contribution in [0.15, 0.2) is 48.7 Å². The molecule has 1 unspecified atom stereocenters. The fraction of sp³-hybridized carbons (Fsp3) is 0.533. The number of rotatable bonds is 8. The zero-order chi connectivity index (χ0) is 23.3. The van der Waals surface area contributed by atoms with E-state index < -0.39 is 11.6 Å². The van der Waals surface area contributed by atoms with Gasteiger partial charge in [-0.25, -0.2) is 8.78 Å². The molecule has 0 spiro atoms. The summed E-state index contributed by atoms with van der Waals surface area (Å²) in [5.74, 6) is -0.771. The Bertz CT molecular complexity index is 1080. The van der Waals surface area contributed by atoms with Gasteiger partial charge in [-0.05, 0) is 73.9 Å². The Labute approximate surface area is 202 Å². The molecule has 3 aromatic rings. The summed E-state index contributed by atoms with van der Waals surface area (Å²) in [4.78, 5) is 0. The van der Waals surface area contributed by atoms with Gasteiger partial charge in [-0.1, -0.05) is 62.8 Å². The molecule has 2 aliphatic rings. The van der Waals surface area contributed by atoms with Crippen molar-refractivity contribution in [2.24, 2.45) is 5.92 Å². The highest BCUT2D eigenvalue weighted by atomic mass is 19.2. The zero-order valence-electron chi connectivity index (χ0n) is 20.2. The van der Waals surface area contributed by atoms with Crippen LogP contribution in [0.3, 0.4) is 0 Å². The Balaban J connectivity index is 1.45. The molecule has 1 heterocycles. The van der Waals surface area contributed by atoms with Gasteiger partial charge in [-0.15, -0.1) is 0 Å². The molecule has 34 heavy (non-hydrogen) atoms. The normalized spacial score (nSPS) is 19.0. The largest absolute Gasteiger partial charge is 0.347 e. The Morgan fingerprint density at radius 3 is 2.35 bits per heavy atom. The molecule has 0 aliphatic heterocycles. The summed E-state index contributed by atoms with van der Waals surface area (Å²) in [6.45, 7) is 1.93. The fourth-order valence-corrected chi connectivity index (χ4v) is 6.32. The van der Waals surface area contributed by atoms with Crippen LogP contribution in [0.25, 0.3) is 10.9 Å². The van der Waals surface area contributed by atoms with Crippen molar-refractivity contribution in [3.05, 3.63) is 71.4 Å². The topological polar surface area (TPSA) is 17.0 Å². The van der Waals surface area contributed by atoms with Crippen molar-refractivity contribution in [3.8, 4) is 0 Å². The van der Waals surface area contributed by atoms with Crippen LogP contribution in [-0.2, 0) is 6.54 Å². The lowest BCUT2D eigenvalue weighted by molar-refractivity contribution is 0.322. The molecular weight excluding hydrogens is 426 g/mol. The maximum atomic E-state index is 14.3. The summed E-state index contributed by atoms with van der Waals surface area (Å²) in [5.41, 5.74) is 3.36. The lowest BCUT2D eigenvalue weighted by Crippen LogP contribution is -2.32. The minimum atomic E-state index is -0.775. The van der Waals surface area contributed by atoms with Gasteiger partial charge in [-0.3, -0.25) is 0 Å². The number of hydrogen-bond acceptors (Lipinski definition) is 1. The van der Waals surface area contributed by atoms with E-state index in [-0.39, 0.29) is 5.92 Å². The first-order chi connectivity index (χ1) is 16.7. The lowest BCUT2D eigenvalue weighted by atomic mass is 9.87. The van der Waals surface area contributed by atoms with Crippen molar-refractivity contribution in [1.29, 1.82) is 0 Å². The van der Waals surface area contributed by atoms with Crippen molar-refractivity contribution >= 4 is 10.9 Å². The van der Waals surface area contributed by atoms with Crippen molar-refractivity contribution in [3.63, 3.8) is 0 Å². The van der Waals surface area contributed by atoms with E-state index in [0.717, 1.165) is 31.0 Å². The van der Waals surface area contributed by atoms with Crippen LogP contribution in [0, 0.1) is 17.6 Å². The maximum absolute atomic E-state index is 14.3. The molecule has 0 amide bonds. The Morgan fingerprint density at radius 2 is 1.59 bits per heavy atom. The SMILES string of the molecule is Fc1ccc(C(CCNC2CCCCC2)c2cn(CC3CCCCC3)c3ccccc23)cc1F. The molecule has 2 nitrogen and oxygen atoms in total. The van der Waals surface area contributed by atoms with Gasteiger partial charge in [0.15, 0.2) is 11.6 Å². The summed E-state index contributed by atoms with van der Waals surface area (Å²) < 4.78 is 30.5. The van der Waals surface area contributed by atoms with Crippen LogP contribution < -0.4 is 5.32 Å². The molecule has 1 N–H and O–H groups in total. The second kappa shape index (κ2) is 11.0. The van der Waals surface area contributed by atoms with E-state index in [4.69, 9.17) is 0 Å². The van der Waals surface area contributed by atoms with Crippen LogP contribution in [0.5, 0.6) is 0 Å². The Morgan fingerprint density at radius 1 is 0.853 bits per heavy atom. The number of nitrogens with zero attached hydrogens (tertiary/aromatic N) is 1. The first-order valence-corrected chi connectivity index (χ1v) is 13.4. The number of halogens is 2. The Hall–Kier alpha value is -2.20. The second-order valence-electron chi connectivity index (χ2n) is 10.6. The minimum absolute atomic E-state index is 0.0312. The number of aromatic nitrogens is 1. The molecule has 4 heteroatoms. The highest BCUT2D eigenvalue weighted by Crippen LogP contribution is 2.36. The third-order valence-corrected chi connectivity index (χ3v) is 8.19. The van der Waals surface area contributed by atoms with Crippen LogP contribution in [-0.4, -0.2) is 17.2 Å².